The highest BCUT2D eigenvalue weighted by Crippen LogP contribution is 2.25. The van der Waals surface area contributed by atoms with E-state index in [0.717, 1.165) is 22.5 Å². The molecule has 0 saturated heterocycles. The van der Waals surface area contributed by atoms with Crippen molar-refractivity contribution in [3.63, 3.8) is 0 Å². The smallest absolute Gasteiger partial charge is 0.353 e. The second-order valence-electron chi connectivity index (χ2n) is 7.64. The lowest BCUT2D eigenvalue weighted by atomic mass is 9.86. The van der Waals surface area contributed by atoms with Gasteiger partial charge in [-0.1, -0.05) is 60.7 Å². The van der Waals surface area contributed by atoms with Crippen LogP contribution in [-0.2, 0) is 4.65 Å². The first kappa shape index (κ1) is 19.3. The first-order valence-electron chi connectivity index (χ1n) is 9.11. The van der Waals surface area contributed by atoms with Crippen molar-refractivity contribution in [3.05, 3.63) is 66.7 Å². The molecule has 0 unspecified atom stereocenters. The van der Waals surface area contributed by atoms with Crippen LogP contribution >= 0.6 is 0 Å². The first-order valence-corrected chi connectivity index (χ1v) is 9.11. The average Bonchev–Trinajstić information content (AvgIpc) is 2.67. The van der Waals surface area contributed by atoms with Crippen molar-refractivity contribution in [2.24, 2.45) is 0 Å². The Kier molecular flexibility index (Phi) is 5.44. The summed E-state index contributed by atoms with van der Waals surface area (Å²) in [6.45, 7) is 7.21. The van der Waals surface area contributed by atoms with Gasteiger partial charge in [-0.05, 0) is 33.8 Å². The summed E-state index contributed by atoms with van der Waals surface area (Å²) in [5, 5.41) is 10.3. The van der Waals surface area contributed by atoms with Crippen LogP contribution in [0.1, 0.15) is 27.7 Å². The van der Waals surface area contributed by atoms with Crippen molar-refractivity contribution in [3.8, 4) is 22.5 Å². The molecular formula is C22H25BN2O2. The molecule has 0 aliphatic rings. The molecule has 0 spiro atoms. The third-order valence-corrected chi connectivity index (χ3v) is 4.95. The highest BCUT2D eigenvalue weighted by molar-refractivity contribution is 6.44. The summed E-state index contributed by atoms with van der Waals surface area (Å²) < 4.78 is 5.99. The molecule has 0 aliphatic heterocycles. The van der Waals surface area contributed by atoms with E-state index in [9.17, 15) is 5.11 Å². The van der Waals surface area contributed by atoms with Crippen LogP contribution in [0, 0.1) is 0 Å². The zero-order valence-corrected chi connectivity index (χ0v) is 16.3. The fourth-order valence-electron chi connectivity index (χ4n) is 2.50. The molecule has 3 rings (SSSR count). The van der Waals surface area contributed by atoms with Gasteiger partial charge in [0, 0.05) is 11.1 Å². The lowest BCUT2D eigenvalue weighted by Gasteiger charge is -2.37. The number of hydrogen-bond acceptors (Lipinski definition) is 4. The van der Waals surface area contributed by atoms with Crippen molar-refractivity contribution in [2.75, 3.05) is 0 Å². The van der Waals surface area contributed by atoms with Gasteiger partial charge < -0.3 is 9.76 Å². The quantitative estimate of drug-likeness (QED) is 0.685. The maximum atomic E-state index is 10.3. The zero-order valence-electron chi connectivity index (χ0n) is 16.3. The van der Waals surface area contributed by atoms with Gasteiger partial charge in [-0.15, -0.1) is 0 Å². The van der Waals surface area contributed by atoms with Gasteiger partial charge in [-0.3, -0.25) is 0 Å². The highest BCUT2D eigenvalue weighted by Gasteiger charge is 2.36. The van der Waals surface area contributed by atoms with E-state index in [1.54, 1.807) is 13.8 Å². The molecule has 4 nitrogen and oxygen atoms in total. The standard InChI is InChI=1S/C22H25BN2O2/c1-21(2,26)22(3,4)27-23-20-24-18(16-11-7-5-8-12-16)15-19(25-20)17-13-9-6-10-14-17/h5-15,23,26H,1-4H3. The Morgan fingerprint density at radius 2 is 1.22 bits per heavy atom. The van der Waals surface area contributed by atoms with Crippen LogP contribution in [0.5, 0.6) is 0 Å². The Balaban J connectivity index is 1.98. The average molecular weight is 360 g/mol. The molecule has 0 radical (unpaired) electrons. The first-order chi connectivity index (χ1) is 12.8. The van der Waals surface area contributed by atoms with Gasteiger partial charge in [0.25, 0.3) is 0 Å². The molecule has 0 aliphatic carbocycles. The van der Waals surface area contributed by atoms with E-state index in [1.807, 2.05) is 80.6 Å². The van der Waals surface area contributed by atoms with Crippen LogP contribution in [0.15, 0.2) is 66.7 Å². The van der Waals surface area contributed by atoms with Gasteiger partial charge >= 0.3 is 7.48 Å². The second-order valence-corrected chi connectivity index (χ2v) is 7.64. The van der Waals surface area contributed by atoms with E-state index in [1.165, 1.54) is 0 Å². The molecule has 0 bridgehead atoms. The van der Waals surface area contributed by atoms with Crippen molar-refractivity contribution >= 4 is 13.2 Å². The van der Waals surface area contributed by atoms with E-state index < -0.39 is 11.2 Å². The highest BCUT2D eigenvalue weighted by atomic mass is 16.5. The molecule has 0 amide bonds. The third-order valence-electron chi connectivity index (χ3n) is 4.95. The Labute approximate surface area is 161 Å². The van der Waals surface area contributed by atoms with E-state index in [0.29, 0.717) is 5.72 Å². The number of hydrogen-bond donors (Lipinski definition) is 1. The van der Waals surface area contributed by atoms with E-state index in [2.05, 4.69) is 0 Å². The molecule has 0 fully saturated rings. The Hall–Kier alpha value is -2.50. The molecule has 138 valence electrons. The third kappa shape index (κ3) is 4.62. The van der Waals surface area contributed by atoms with Gasteiger partial charge in [0.05, 0.1) is 22.6 Å². The van der Waals surface area contributed by atoms with Crippen LogP contribution in [-0.4, -0.2) is 33.8 Å². The summed E-state index contributed by atoms with van der Waals surface area (Å²) >= 11 is 0. The normalized spacial score (nSPS) is 12.0. The Morgan fingerprint density at radius 1 is 0.778 bits per heavy atom. The number of benzene rings is 2. The molecule has 1 aromatic heterocycles. The summed E-state index contributed by atoms with van der Waals surface area (Å²) in [7, 11) is 0.220. The van der Waals surface area contributed by atoms with Crippen LogP contribution < -0.4 is 5.72 Å². The van der Waals surface area contributed by atoms with E-state index in [-0.39, 0.29) is 7.48 Å². The van der Waals surface area contributed by atoms with Crippen molar-refractivity contribution in [1.29, 1.82) is 0 Å². The molecular weight excluding hydrogens is 335 g/mol. The van der Waals surface area contributed by atoms with Gasteiger partial charge in [0.15, 0.2) is 0 Å². The summed E-state index contributed by atoms with van der Waals surface area (Å²) in [5.74, 6) is 0. The van der Waals surface area contributed by atoms with Gasteiger partial charge in [0.2, 0.25) is 0 Å². The van der Waals surface area contributed by atoms with E-state index >= 15 is 0 Å². The Morgan fingerprint density at radius 3 is 1.63 bits per heavy atom. The molecule has 27 heavy (non-hydrogen) atoms. The maximum Gasteiger partial charge on any atom is 0.353 e. The van der Waals surface area contributed by atoms with Crippen LogP contribution in [0.3, 0.4) is 0 Å². The minimum atomic E-state index is -0.980. The summed E-state index contributed by atoms with van der Waals surface area (Å²) in [6.07, 6.45) is 0. The number of rotatable bonds is 6. The predicted molar refractivity (Wildman–Crippen MR) is 111 cm³/mol. The summed E-state index contributed by atoms with van der Waals surface area (Å²) in [6, 6.07) is 22.1. The number of nitrogens with zero attached hydrogens (tertiary/aromatic N) is 2. The van der Waals surface area contributed by atoms with Crippen LogP contribution in [0.2, 0.25) is 0 Å². The maximum absolute atomic E-state index is 10.3. The van der Waals surface area contributed by atoms with Crippen molar-refractivity contribution < 1.29 is 9.76 Å². The number of aliphatic hydroxyl groups is 1. The molecule has 5 heteroatoms. The molecule has 0 atom stereocenters. The Bertz CT molecular complexity index is 833. The minimum Gasteiger partial charge on any atom is -0.423 e. The second kappa shape index (κ2) is 7.63. The van der Waals surface area contributed by atoms with E-state index in [4.69, 9.17) is 14.6 Å². The van der Waals surface area contributed by atoms with Crippen LogP contribution in [0.4, 0.5) is 0 Å². The van der Waals surface area contributed by atoms with Crippen LogP contribution in [0.25, 0.3) is 22.5 Å². The molecule has 0 saturated carbocycles. The van der Waals surface area contributed by atoms with Crippen molar-refractivity contribution in [2.45, 2.75) is 38.9 Å². The fourth-order valence-corrected chi connectivity index (χ4v) is 2.50. The summed E-state index contributed by atoms with van der Waals surface area (Å²) in [5.41, 5.74) is 2.64. The minimum absolute atomic E-state index is 0.220. The number of aromatic nitrogens is 2. The molecule has 2 aromatic carbocycles. The summed E-state index contributed by atoms with van der Waals surface area (Å²) in [4.78, 5) is 9.39. The largest absolute Gasteiger partial charge is 0.423 e. The van der Waals surface area contributed by atoms with Gasteiger partial charge in [0.1, 0.15) is 5.72 Å². The molecule has 1 N–H and O–H groups in total. The fraction of sp³-hybridized carbons (Fsp3) is 0.273. The molecule has 1 heterocycles. The monoisotopic (exact) mass is 360 g/mol. The lowest BCUT2D eigenvalue weighted by Crippen LogP contribution is -2.49. The lowest BCUT2D eigenvalue weighted by molar-refractivity contribution is -0.0894. The zero-order chi connectivity index (χ0) is 19.5. The molecule has 3 aromatic rings. The predicted octanol–water partition coefficient (Wildman–Crippen LogP) is 3.35. The van der Waals surface area contributed by atoms with Gasteiger partial charge in [-0.25, -0.2) is 9.97 Å². The topological polar surface area (TPSA) is 55.2 Å². The SMILES string of the molecule is CC(C)(O)C(C)(C)OBc1nc(-c2ccccc2)cc(-c2ccccc2)n1. The van der Waals surface area contributed by atoms with Crippen molar-refractivity contribution in [1.82, 2.24) is 9.97 Å². The van der Waals surface area contributed by atoms with Gasteiger partial charge in [-0.2, -0.15) is 0 Å².